The summed E-state index contributed by atoms with van der Waals surface area (Å²) in [5.74, 6) is -3.19. The molecule has 0 unspecified atom stereocenters. The number of hydrogen-bond donors (Lipinski definition) is 2. The van der Waals surface area contributed by atoms with E-state index in [0.29, 0.717) is 73.1 Å². The first-order chi connectivity index (χ1) is 24.3. The molecule has 2 aromatic carbocycles. The normalized spacial score (nSPS) is 21.4. The van der Waals surface area contributed by atoms with Crippen molar-refractivity contribution in [1.82, 2.24) is 19.7 Å². The van der Waals surface area contributed by atoms with E-state index in [9.17, 15) is 14.4 Å². The lowest BCUT2D eigenvalue weighted by Crippen LogP contribution is -2.61. The largest absolute Gasteiger partial charge is 0.496 e. The molecule has 3 saturated heterocycles. The lowest BCUT2D eigenvalue weighted by molar-refractivity contribution is -0.133. The number of nitrogens with one attached hydrogen (secondary N) is 2. The van der Waals surface area contributed by atoms with Gasteiger partial charge < -0.3 is 24.3 Å². The highest BCUT2D eigenvalue weighted by Gasteiger charge is 2.48. The fourth-order valence-electron chi connectivity index (χ4n) is 7.53. The van der Waals surface area contributed by atoms with E-state index < -0.39 is 36.3 Å². The van der Waals surface area contributed by atoms with Gasteiger partial charge in [-0.3, -0.25) is 29.5 Å². The number of alkyl halides is 2. The van der Waals surface area contributed by atoms with E-state index in [4.69, 9.17) is 9.47 Å². The second-order valence-corrected chi connectivity index (χ2v) is 13.7. The first kappa shape index (κ1) is 36.2. The van der Waals surface area contributed by atoms with Crippen molar-refractivity contribution >= 4 is 23.2 Å². The maximum atomic E-state index is 15.9. The number of nitrogens with zero attached hydrogens (tertiary/aromatic N) is 4. The standard InChI is InChI=1S/C37H45F3N6O5/c1-22-23(2)36(49)43(3)19-26(22)24-16-31(50-4)27(32(17-24)51-5)20-44-11-10-33(37(39,40)21-44)46-14-12-45(13-15-46)30-8-6-25(18-28(30)38)41-29-7-9-34(47)42-35(29)48/h6,8,16-19,29,33,41H,7,9-15,20-21H2,1-5H3,(H,42,47,48)/t29-,33+/m0/s1. The molecule has 2 atom stereocenters. The van der Waals surface area contributed by atoms with Gasteiger partial charge in [-0.2, -0.15) is 0 Å². The van der Waals surface area contributed by atoms with E-state index in [-0.39, 0.29) is 30.9 Å². The van der Waals surface area contributed by atoms with Crippen molar-refractivity contribution in [2.75, 3.05) is 63.7 Å². The SMILES string of the molecule is COc1cc(-c2cn(C)c(=O)c(C)c2C)cc(OC)c1CN1CC[C@@H](N2CCN(c3ccc(N[C@H]4CCC(=O)NC4=O)cc3F)CC2)C(F)(F)C1. The van der Waals surface area contributed by atoms with Crippen molar-refractivity contribution in [3.63, 3.8) is 0 Å². The maximum Gasteiger partial charge on any atom is 0.275 e. The van der Waals surface area contributed by atoms with Crippen LogP contribution in [0.2, 0.25) is 0 Å². The minimum absolute atomic E-state index is 0.0696. The number of aryl methyl sites for hydroxylation is 1. The number of hydrogen-bond acceptors (Lipinski definition) is 9. The van der Waals surface area contributed by atoms with Gasteiger partial charge in [0.2, 0.25) is 11.8 Å². The molecule has 2 N–H and O–H groups in total. The molecule has 0 radical (unpaired) electrons. The predicted molar refractivity (Wildman–Crippen MR) is 188 cm³/mol. The van der Waals surface area contributed by atoms with Gasteiger partial charge in [0, 0.05) is 75.7 Å². The van der Waals surface area contributed by atoms with Crippen LogP contribution in [0, 0.1) is 19.7 Å². The van der Waals surface area contributed by atoms with Crippen LogP contribution in [0.1, 0.15) is 36.0 Å². The monoisotopic (exact) mass is 710 g/mol. The van der Waals surface area contributed by atoms with Gasteiger partial charge in [0.15, 0.2) is 0 Å². The van der Waals surface area contributed by atoms with Crippen LogP contribution < -0.4 is 30.6 Å². The van der Waals surface area contributed by atoms with E-state index >= 15 is 13.2 Å². The first-order valence-corrected chi connectivity index (χ1v) is 17.2. The molecule has 3 fully saturated rings. The minimum Gasteiger partial charge on any atom is -0.496 e. The van der Waals surface area contributed by atoms with Gasteiger partial charge in [0.05, 0.1) is 38.1 Å². The number of anilines is 2. The van der Waals surface area contributed by atoms with Crippen LogP contribution >= 0.6 is 0 Å². The molecule has 274 valence electrons. The summed E-state index contributed by atoms with van der Waals surface area (Å²) in [6.07, 6.45) is 2.58. The maximum absolute atomic E-state index is 15.9. The van der Waals surface area contributed by atoms with Crippen LogP contribution in [0.4, 0.5) is 24.5 Å². The number of methoxy groups -OCH3 is 2. The van der Waals surface area contributed by atoms with Gasteiger partial charge in [0.1, 0.15) is 23.4 Å². The molecule has 2 amide bonds. The number of piperazine rings is 1. The Morgan fingerprint density at radius 3 is 2.24 bits per heavy atom. The van der Waals surface area contributed by atoms with Gasteiger partial charge in [0.25, 0.3) is 11.5 Å². The lowest BCUT2D eigenvalue weighted by atomic mass is 9.95. The molecule has 51 heavy (non-hydrogen) atoms. The van der Waals surface area contributed by atoms with Crippen molar-refractivity contribution in [3.8, 4) is 22.6 Å². The summed E-state index contributed by atoms with van der Waals surface area (Å²) >= 11 is 0. The molecule has 4 heterocycles. The fourth-order valence-corrected chi connectivity index (χ4v) is 7.53. The number of imide groups is 1. The molecule has 3 aromatic rings. The number of carbonyl (C=O) groups excluding carboxylic acids is 2. The summed E-state index contributed by atoms with van der Waals surface area (Å²) < 4.78 is 60.0. The summed E-state index contributed by atoms with van der Waals surface area (Å²) in [4.78, 5) is 41.3. The average molecular weight is 711 g/mol. The molecular formula is C37H45F3N6O5. The zero-order chi connectivity index (χ0) is 36.6. The average Bonchev–Trinajstić information content (AvgIpc) is 3.10. The summed E-state index contributed by atoms with van der Waals surface area (Å²) in [6, 6.07) is 6.79. The number of likely N-dealkylation sites (tertiary alicyclic amines) is 1. The molecule has 1 aromatic heterocycles. The van der Waals surface area contributed by atoms with Crippen LogP contribution in [-0.2, 0) is 23.2 Å². The van der Waals surface area contributed by atoms with E-state index in [1.54, 1.807) is 51.4 Å². The lowest BCUT2D eigenvalue weighted by Gasteiger charge is -2.46. The van der Waals surface area contributed by atoms with Crippen LogP contribution in [-0.4, -0.2) is 97.7 Å². The fraction of sp³-hybridized carbons (Fsp3) is 0.486. The van der Waals surface area contributed by atoms with E-state index in [0.717, 1.165) is 16.7 Å². The number of amides is 2. The molecule has 0 saturated carbocycles. The Morgan fingerprint density at radius 1 is 0.941 bits per heavy atom. The number of pyridine rings is 1. The Balaban J connectivity index is 1.09. The van der Waals surface area contributed by atoms with Gasteiger partial charge in [-0.15, -0.1) is 0 Å². The molecule has 0 spiro atoms. The van der Waals surface area contributed by atoms with Gasteiger partial charge in [-0.05, 0) is 68.1 Å². The molecule has 3 aliphatic heterocycles. The molecular weight excluding hydrogens is 665 g/mol. The molecule has 0 bridgehead atoms. The topological polar surface area (TPSA) is 108 Å². The predicted octanol–water partition coefficient (Wildman–Crippen LogP) is 4.07. The highest BCUT2D eigenvalue weighted by Crippen LogP contribution is 2.39. The number of benzene rings is 2. The highest BCUT2D eigenvalue weighted by molar-refractivity contribution is 6.01. The van der Waals surface area contributed by atoms with E-state index in [1.807, 2.05) is 28.9 Å². The van der Waals surface area contributed by atoms with Gasteiger partial charge in [-0.1, -0.05) is 0 Å². The van der Waals surface area contributed by atoms with Crippen molar-refractivity contribution < 1.29 is 32.2 Å². The quantitative estimate of drug-likeness (QED) is 0.318. The Hall–Kier alpha value is -4.56. The van der Waals surface area contributed by atoms with Crippen LogP contribution in [0.25, 0.3) is 11.1 Å². The van der Waals surface area contributed by atoms with Crippen LogP contribution in [0.3, 0.4) is 0 Å². The second kappa shape index (κ2) is 14.6. The van der Waals surface area contributed by atoms with Crippen LogP contribution in [0.15, 0.2) is 41.3 Å². The third-order valence-electron chi connectivity index (χ3n) is 10.5. The number of rotatable bonds is 9. The van der Waals surface area contributed by atoms with Gasteiger partial charge >= 0.3 is 0 Å². The van der Waals surface area contributed by atoms with E-state index in [2.05, 4.69) is 10.6 Å². The molecule has 11 nitrogen and oxygen atoms in total. The molecule has 0 aliphatic carbocycles. The van der Waals surface area contributed by atoms with E-state index in [1.165, 1.54) is 10.6 Å². The van der Waals surface area contributed by atoms with Crippen molar-refractivity contribution in [1.29, 1.82) is 0 Å². The van der Waals surface area contributed by atoms with Crippen molar-refractivity contribution in [2.45, 2.75) is 57.7 Å². The Kier molecular flexibility index (Phi) is 10.4. The van der Waals surface area contributed by atoms with Crippen LogP contribution in [0.5, 0.6) is 11.5 Å². The van der Waals surface area contributed by atoms with Crippen molar-refractivity contribution in [2.24, 2.45) is 7.05 Å². The number of carbonyl (C=O) groups is 2. The number of aromatic nitrogens is 1. The third-order valence-corrected chi connectivity index (χ3v) is 10.5. The summed E-state index contributed by atoms with van der Waals surface area (Å²) in [5.41, 5.74) is 4.55. The minimum atomic E-state index is -2.99. The summed E-state index contributed by atoms with van der Waals surface area (Å²) in [5, 5.41) is 5.26. The number of ether oxygens (including phenoxy) is 2. The molecule has 6 rings (SSSR count). The zero-order valence-corrected chi connectivity index (χ0v) is 29.7. The first-order valence-electron chi connectivity index (χ1n) is 17.2. The molecule has 14 heteroatoms. The number of halogens is 3. The smallest absolute Gasteiger partial charge is 0.275 e. The summed E-state index contributed by atoms with van der Waals surface area (Å²) in [7, 11) is 4.79. The number of piperidine rings is 2. The second-order valence-electron chi connectivity index (χ2n) is 13.7. The van der Waals surface area contributed by atoms with Crippen molar-refractivity contribution in [3.05, 3.63) is 69.4 Å². The Labute approximate surface area is 295 Å². The Morgan fingerprint density at radius 2 is 1.63 bits per heavy atom. The Bertz CT molecular complexity index is 1850. The third kappa shape index (κ3) is 7.43. The zero-order valence-electron chi connectivity index (χ0n) is 29.7. The molecule has 3 aliphatic rings. The summed E-state index contributed by atoms with van der Waals surface area (Å²) in [6.45, 7) is 5.43. The van der Waals surface area contributed by atoms with Gasteiger partial charge in [-0.25, -0.2) is 13.2 Å². The highest BCUT2D eigenvalue weighted by atomic mass is 19.3.